The van der Waals surface area contributed by atoms with Gasteiger partial charge in [0.15, 0.2) is 0 Å². The molecule has 2 aromatic heterocycles. The van der Waals surface area contributed by atoms with Crippen molar-refractivity contribution < 1.29 is 9.90 Å². The minimum Gasteiger partial charge on any atom is -0.478 e. The molecular weight excluding hydrogens is 314 g/mol. The Hall–Kier alpha value is -0.780. The fourth-order valence-electron chi connectivity index (χ4n) is 1.32. The van der Waals surface area contributed by atoms with Crippen molar-refractivity contribution in [1.29, 1.82) is 0 Å². The van der Waals surface area contributed by atoms with E-state index in [1.807, 2.05) is 16.7 Å². The van der Waals surface area contributed by atoms with Gasteiger partial charge in [-0.05, 0) is 34.1 Å². The Morgan fingerprint density at radius 1 is 1.56 bits per heavy atom. The van der Waals surface area contributed by atoms with E-state index in [9.17, 15) is 4.79 Å². The third kappa shape index (κ3) is 2.48. The molecule has 0 saturated carbocycles. The molecule has 2 heterocycles. The lowest BCUT2D eigenvalue weighted by molar-refractivity contribution is 0.0697. The minimum absolute atomic E-state index is 0.273. The van der Waals surface area contributed by atoms with Crippen LogP contribution in [0, 0.1) is 0 Å². The molecule has 0 spiro atoms. The van der Waals surface area contributed by atoms with Crippen molar-refractivity contribution in [2.45, 2.75) is 6.54 Å². The average molecular weight is 321 g/mol. The maximum atomic E-state index is 10.8. The van der Waals surface area contributed by atoms with Gasteiger partial charge in [-0.2, -0.15) is 0 Å². The van der Waals surface area contributed by atoms with Crippen molar-refractivity contribution >= 4 is 44.8 Å². The normalized spacial score (nSPS) is 10.6. The molecule has 0 bridgehead atoms. The van der Waals surface area contributed by atoms with Gasteiger partial charge in [0.1, 0.15) is 0 Å². The van der Waals surface area contributed by atoms with Crippen LogP contribution in [0.2, 0.25) is 4.34 Å². The number of thiophene rings is 1. The van der Waals surface area contributed by atoms with Gasteiger partial charge >= 0.3 is 5.97 Å². The molecule has 0 aliphatic carbocycles. The zero-order chi connectivity index (χ0) is 11.7. The SMILES string of the molecule is O=C(O)c1cc(Br)n(Cc2ccc(Cl)s2)c1. The van der Waals surface area contributed by atoms with Crippen LogP contribution in [-0.4, -0.2) is 15.6 Å². The van der Waals surface area contributed by atoms with Gasteiger partial charge in [0, 0.05) is 11.1 Å². The standard InChI is InChI=1S/C10H7BrClNO2S/c11-8-3-6(10(14)15)4-13(8)5-7-1-2-9(12)16-7/h1-4H,5H2,(H,14,15). The molecule has 0 unspecified atom stereocenters. The van der Waals surface area contributed by atoms with Gasteiger partial charge in [-0.25, -0.2) is 4.79 Å². The Labute approximate surface area is 109 Å². The van der Waals surface area contributed by atoms with E-state index in [0.717, 1.165) is 13.8 Å². The summed E-state index contributed by atoms with van der Waals surface area (Å²) in [4.78, 5) is 11.9. The number of rotatable bonds is 3. The first-order valence-electron chi connectivity index (χ1n) is 4.39. The molecule has 84 valence electrons. The van der Waals surface area contributed by atoms with E-state index in [2.05, 4.69) is 15.9 Å². The zero-order valence-corrected chi connectivity index (χ0v) is 11.1. The lowest BCUT2D eigenvalue weighted by Gasteiger charge is -2.01. The highest BCUT2D eigenvalue weighted by atomic mass is 79.9. The maximum absolute atomic E-state index is 10.8. The molecule has 6 heteroatoms. The first-order chi connectivity index (χ1) is 7.56. The summed E-state index contributed by atoms with van der Waals surface area (Å²) in [5.74, 6) is -0.927. The van der Waals surface area contributed by atoms with Crippen molar-refractivity contribution in [2.24, 2.45) is 0 Å². The molecule has 0 aromatic carbocycles. The van der Waals surface area contributed by atoms with Gasteiger partial charge in [-0.1, -0.05) is 11.6 Å². The van der Waals surface area contributed by atoms with Crippen LogP contribution in [0.4, 0.5) is 0 Å². The molecule has 0 aliphatic rings. The third-order valence-electron chi connectivity index (χ3n) is 2.05. The molecule has 2 rings (SSSR count). The second-order valence-corrected chi connectivity index (χ2v) is 5.80. The van der Waals surface area contributed by atoms with Crippen LogP contribution in [0.5, 0.6) is 0 Å². The Balaban J connectivity index is 2.24. The zero-order valence-electron chi connectivity index (χ0n) is 7.98. The summed E-state index contributed by atoms with van der Waals surface area (Å²) >= 11 is 10.6. The number of hydrogen-bond acceptors (Lipinski definition) is 2. The van der Waals surface area contributed by atoms with Gasteiger partial charge in [0.05, 0.1) is 21.0 Å². The molecule has 0 saturated heterocycles. The van der Waals surface area contributed by atoms with Crippen molar-refractivity contribution in [3.05, 3.63) is 43.8 Å². The predicted molar refractivity (Wildman–Crippen MR) is 67.5 cm³/mol. The summed E-state index contributed by atoms with van der Waals surface area (Å²) in [7, 11) is 0. The second-order valence-electron chi connectivity index (χ2n) is 3.19. The summed E-state index contributed by atoms with van der Waals surface area (Å²) < 4.78 is 3.30. The van der Waals surface area contributed by atoms with Crippen molar-refractivity contribution in [2.75, 3.05) is 0 Å². The fourth-order valence-corrected chi connectivity index (χ4v) is 2.88. The number of hydrogen-bond donors (Lipinski definition) is 1. The highest BCUT2D eigenvalue weighted by Gasteiger charge is 2.10. The number of carboxylic acid groups (broad SMARTS) is 1. The van der Waals surface area contributed by atoms with Crippen molar-refractivity contribution in [3.63, 3.8) is 0 Å². The Kier molecular flexibility index (Phi) is 3.37. The monoisotopic (exact) mass is 319 g/mol. The Morgan fingerprint density at radius 3 is 2.81 bits per heavy atom. The maximum Gasteiger partial charge on any atom is 0.337 e. The Morgan fingerprint density at radius 2 is 2.31 bits per heavy atom. The van der Waals surface area contributed by atoms with Crippen LogP contribution < -0.4 is 0 Å². The number of aromatic carboxylic acids is 1. The molecule has 0 aliphatic heterocycles. The van der Waals surface area contributed by atoms with E-state index in [1.165, 1.54) is 11.3 Å². The number of halogens is 2. The van der Waals surface area contributed by atoms with E-state index in [1.54, 1.807) is 12.3 Å². The smallest absolute Gasteiger partial charge is 0.337 e. The number of aromatic nitrogens is 1. The van der Waals surface area contributed by atoms with Crippen LogP contribution in [-0.2, 0) is 6.54 Å². The molecule has 16 heavy (non-hydrogen) atoms. The molecule has 0 atom stereocenters. The topological polar surface area (TPSA) is 42.2 Å². The van der Waals surface area contributed by atoms with Crippen molar-refractivity contribution in [1.82, 2.24) is 4.57 Å². The molecule has 0 fully saturated rings. The number of nitrogens with zero attached hydrogens (tertiary/aromatic N) is 1. The van der Waals surface area contributed by atoms with Gasteiger partial charge in [-0.15, -0.1) is 11.3 Å². The summed E-state index contributed by atoms with van der Waals surface area (Å²) in [6.07, 6.45) is 1.60. The summed E-state index contributed by atoms with van der Waals surface area (Å²) in [5, 5.41) is 8.84. The fraction of sp³-hybridized carbons (Fsp3) is 0.100. The minimum atomic E-state index is -0.927. The van der Waals surface area contributed by atoms with Crippen LogP contribution in [0.3, 0.4) is 0 Å². The average Bonchev–Trinajstić information content (AvgIpc) is 2.75. The molecule has 0 radical (unpaired) electrons. The van der Waals surface area contributed by atoms with E-state index in [0.29, 0.717) is 6.54 Å². The van der Waals surface area contributed by atoms with Crippen molar-refractivity contribution in [3.8, 4) is 0 Å². The van der Waals surface area contributed by atoms with Gasteiger partial charge in [0.2, 0.25) is 0 Å². The first-order valence-corrected chi connectivity index (χ1v) is 6.38. The molecule has 1 N–H and O–H groups in total. The van der Waals surface area contributed by atoms with Crippen LogP contribution in [0.25, 0.3) is 0 Å². The van der Waals surface area contributed by atoms with Gasteiger partial charge in [-0.3, -0.25) is 0 Å². The highest BCUT2D eigenvalue weighted by molar-refractivity contribution is 9.10. The third-order valence-corrected chi connectivity index (χ3v) is 3.95. The summed E-state index contributed by atoms with van der Waals surface area (Å²) in [6, 6.07) is 5.34. The van der Waals surface area contributed by atoms with E-state index in [-0.39, 0.29) is 5.56 Å². The highest BCUT2D eigenvalue weighted by Crippen LogP contribution is 2.24. The molecule has 3 nitrogen and oxygen atoms in total. The lowest BCUT2D eigenvalue weighted by Crippen LogP contribution is -1.97. The first kappa shape index (κ1) is 11.7. The van der Waals surface area contributed by atoms with Crippen LogP contribution >= 0.6 is 38.9 Å². The van der Waals surface area contributed by atoms with E-state index >= 15 is 0 Å². The van der Waals surface area contributed by atoms with E-state index in [4.69, 9.17) is 16.7 Å². The number of carboxylic acids is 1. The second kappa shape index (κ2) is 4.61. The molecule has 2 aromatic rings. The largest absolute Gasteiger partial charge is 0.478 e. The van der Waals surface area contributed by atoms with Crippen LogP contribution in [0.15, 0.2) is 29.0 Å². The lowest BCUT2D eigenvalue weighted by atomic mass is 10.4. The van der Waals surface area contributed by atoms with Crippen LogP contribution in [0.1, 0.15) is 15.2 Å². The number of carbonyl (C=O) groups is 1. The quantitative estimate of drug-likeness (QED) is 0.936. The summed E-state index contributed by atoms with van der Waals surface area (Å²) in [6.45, 7) is 0.616. The molecular formula is C10H7BrClNO2S. The van der Waals surface area contributed by atoms with Gasteiger partial charge < -0.3 is 9.67 Å². The predicted octanol–water partition coefficient (Wildman–Crippen LogP) is 3.71. The summed E-state index contributed by atoms with van der Waals surface area (Å²) in [5.41, 5.74) is 0.273. The van der Waals surface area contributed by atoms with Gasteiger partial charge in [0.25, 0.3) is 0 Å². The van der Waals surface area contributed by atoms with E-state index < -0.39 is 5.97 Å². The molecule has 0 amide bonds. The Bertz CT molecular complexity index is 535.